The molecule has 1 aromatic carbocycles. The maximum atomic E-state index is 8.78. The molecule has 0 aliphatic heterocycles. The molecule has 0 aromatic heterocycles. The van der Waals surface area contributed by atoms with Crippen molar-refractivity contribution >= 4 is 0 Å². The molecule has 2 atom stereocenters. The Bertz CT molecular complexity index is 392. The minimum absolute atomic E-state index is 0.200. The minimum Gasteiger partial charge on any atom is -0.496 e. The Morgan fingerprint density at radius 2 is 2.29 bits per heavy atom. The van der Waals surface area contributed by atoms with E-state index in [1.807, 2.05) is 12.1 Å². The molecule has 2 nitrogen and oxygen atoms in total. The summed E-state index contributed by atoms with van der Waals surface area (Å²) in [6.45, 7) is 2.06. The highest BCUT2D eigenvalue weighted by atomic mass is 16.5. The topological polar surface area (TPSA) is 33.0 Å². The Kier molecular flexibility index (Phi) is 2.17. The van der Waals surface area contributed by atoms with E-state index >= 15 is 0 Å². The van der Waals surface area contributed by atoms with E-state index in [0.717, 1.165) is 12.2 Å². The van der Waals surface area contributed by atoms with Crippen LogP contribution in [-0.2, 0) is 0 Å². The van der Waals surface area contributed by atoms with Gasteiger partial charge >= 0.3 is 0 Å². The van der Waals surface area contributed by atoms with Crippen molar-refractivity contribution in [2.24, 2.45) is 5.92 Å². The molecule has 1 saturated carbocycles. The number of ether oxygens (including phenoxy) is 1. The van der Waals surface area contributed by atoms with Gasteiger partial charge in [-0.2, -0.15) is 5.26 Å². The van der Waals surface area contributed by atoms with Gasteiger partial charge in [0.25, 0.3) is 0 Å². The van der Waals surface area contributed by atoms with Crippen molar-refractivity contribution in [1.29, 1.82) is 5.26 Å². The van der Waals surface area contributed by atoms with Gasteiger partial charge in [0, 0.05) is 5.92 Å². The Morgan fingerprint density at radius 3 is 2.86 bits per heavy atom. The van der Waals surface area contributed by atoms with Crippen LogP contribution in [0.3, 0.4) is 0 Å². The molecule has 2 unspecified atom stereocenters. The Labute approximate surface area is 84.1 Å². The number of rotatable bonds is 2. The molecular formula is C12H13NO. The zero-order valence-electron chi connectivity index (χ0n) is 8.45. The monoisotopic (exact) mass is 187 g/mol. The van der Waals surface area contributed by atoms with E-state index in [4.69, 9.17) is 10.00 Å². The maximum Gasteiger partial charge on any atom is 0.122 e. The van der Waals surface area contributed by atoms with Crippen LogP contribution in [0.4, 0.5) is 0 Å². The van der Waals surface area contributed by atoms with Crippen molar-refractivity contribution in [3.05, 3.63) is 29.3 Å². The van der Waals surface area contributed by atoms with Crippen molar-refractivity contribution in [3.63, 3.8) is 0 Å². The third-order valence-corrected chi connectivity index (χ3v) is 2.74. The summed E-state index contributed by atoms with van der Waals surface area (Å²) in [5, 5.41) is 8.78. The molecule has 0 radical (unpaired) electrons. The molecule has 1 fully saturated rings. The van der Waals surface area contributed by atoms with Crippen LogP contribution in [-0.4, -0.2) is 7.11 Å². The first-order valence-electron chi connectivity index (χ1n) is 4.80. The van der Waals surface area contributed by atoms with Crippen LogP contribution in [0, 0.1) is 24.2 Å². The Balaban J connectivity index is 2.33. The molecule has 0 heterocycles. The maximum absolute atomic E-state index is 8.78. The number of nitriles is 1. The van der Waals surface area contributed by atoms with E-state index in [2.05, 4.69) is 19.1 Å². The van der Waals surface area contributed by atoms with Gasteiger partial charge in [-0.1, -0.05) is 17.7 Å². The first-order chi connectivity index (χ1) is 6.76. The van der Waals surface area contributed by atoms with Crippen LogP contribution in [0.2, 0.25) is 0 Å². The highest BCUT2D eigenvalue weighted by Crippen LogP contribution is 2.49. The molecule has 0 saturated heterocycles. The summed E-state index contributed by atoms with van der Waals surface area (Å²) in [6.07, 6.45) is 0.982. The highest BCUT2D eigenvalue weighted by molar-refractivity contribution is 5.43. The number of aryl methyl sites for hydroxylation is 1. The average molecular weight is 187 g/mol. The quantitative estimate of drug-likeness (QED) is 0.713. The van der Waals surface area contributed by atoms with Gasteiger partial charge < -0.3 is 4.74 Å². The van der Waals surface area contributed by atoms with E-state index in [1.165, 1.54) is 11.1 Å². The van der Waals surface area contributed by atoms with Crippen LogP contribution in [0.1, 0.15) is 23.5 Å². The van der Waals surface area contributed by atoms with Crippen molar-refractivity contribution in [3.8, 4) is 11.8 Å². The van der Waals surface area contributed by atoms with Crippen LogP contribution in [0.25, 0.3) is 0 Å². The number of nitrogens with zero attached hydrogens (tertiary/aromatic N) is 1. The smallest absolute Gasteiger partial charge is 0.122 e. The predicted molar refractivity (Wildman–Crippen MR) is 54.2 cm³/mol. The normalized spacial score (nSPS) is 24.1. The number of benzene rings is 1. The van der Waals surface area contributed by atoms with Crippen molar-refractivity contribution < 1.29 is 4.74 Å². The second-order valence-electron chi connectivity index (χ2n) is 3.82. The van der Waals surface area contributed by atoms with Crippen LogP contribution in [0.15, 0.2) is 18.2 Å². The lowest BCUT2D eigenvalue weighted by Gasteiger charge is -2.07. The summed E-state index contributed by atoms with van der Waals surface area (Å²) in [6, 6.07) is 8.45. The van der Waals surface area contributed by atoms with Crippen molar-refractivity contribution in [2.75, 3.05) is 7.11 Å². The fraction of sp³-hybridized carbons (Fsp3) is 0.417. The molecule has 0 bridgehead atoms. The van der Waals surface area contributed by atoms with Gasteiger partial charge in [-0.3, -0.25) is 0 Å². The second kappa shape index (κ2) is 3.34. The van der Waals surface area contributed by atoms with E-state index in [1.54, 1.807) is 7.11 Å². The van der Waals surface area contributed by atoms with Crippen molar-refractivity contribution in [2.45, 2.75) is 19.3 Å². The molecule has 1 aliphatic rings. The minimum atomic E-state index is 0.200. The fourth-order valence-electron chi connectivity index (χ4n) is 1.82. The average Bonchev–Trinajstić information content (AvgIpc) is 2.96. The van der Waals surface area contributed by atoms with Crippen LogP contribution in [0.5, 0.6) is 5.75 Å². The molecule has 0 spiro atoms. The number of hydrogen-bond acceptors (Lipinski definition) is 2. The van der Waals surface area contributed by atoms with Gasteiger partial charge in [0.15, 0.2) is 0 Å². The molecular weight excluding hydrogens is 174 g/mol. The fourth-order valence-corrected chi connectivity index (χ4v) is 1.82. The standard InChI is InChI=1S/C12H13NO/c1-8-3-4-12(14-2)11(5-8)10-6-9(10)7-13/h3-5,9-10H,6H2,1-2H3. The Hall–Kier alpha value is -1.49. The van der Waals surface area contributed by atoms with Crippen LogP contribution < -0.4 is 4.74 Å². The molecule has 1 aromatic rings. The summed E-state index contributed by atoms with van der Waals surface area (Å²) < 4.78 is 5.29. The molecule has 72 valence electrons. The lowest BCUT2D eigenvalue weighted by molar-refractivity contribution is 0.409. The van der Waals surface area contributed by atoms with Gasteiger partial charge in [0.1, 0.15) is 5.75 Å². The first kappa shape index (κ1) is 9.08. The predicted octanol–water partition coefficient (Wildman–Crippen LogP) is 2.63. The van der Waals surface area contributed by atoms with E-state index in [-0.39, 0.29) is 5.92 Å². The molecule has 2 heteroatoms. The summed E-state index contributed by atoms with van der Waals surface area (Å²) in [5.74, 6) is 1.51. The highest BCUT2D eigenvalue weighted by Gasteiger charge is 2.40. The molecule has 0 amide bonds. The third kappa shape index (κ3) is 1.46. The van der Waals surface area contributed by atoms with Gasteiger partial charge in [0.2, 0.25) is 0 Å². The second-order valence-corrected chi connectivity index (χ2v) is 3.82. The molecule has 2 rings (SSSR count). The summed E-state index contributed by atoms with van der Waals surface area (Å²) in [7, 11) is 1.68. The third-order valence-electron chi connectivity index (χ3n) is 2.74. The lowest BCUT2D eigenvalue weighted by Crippen LogP contribution is -1.91. The summed E-state index contributed by atoms with van der Waals surface area (Å²) >= 11 is 0. The van der Waals surface area contributed by atoms with Crippen molar-refractivity contribution in [1.82, 2.24) is 0 Å². The largest absolute Gasteiger partial charge is 0.496 e. The SMILES string of the molecule is COc1ccc(C)cc1C1CC1C#N. The van der Waals surface area contributed by atoms with Crippen LogP contribution >= 0.6 is 0 Å². The van der Waals surface area contributed by atoms with E-state index in [9.17, 15) is 0 Å². The summed E-state index contributed by atoms with van der Waals surface area (Å²) in [5.41, 5.74) is 2.42. The molecule has 14 heavy (non-hydrogen) atoms. The summed E-state index contributed by atoms with van der Waals surface area (Å²) in [4.78, 5) is 0. The Morgan fingerprint density at radius 1 is 1.50 bits per heavy atom. The number of methoxy groups -OCH3 is 1. The molecule has 1 aliphatic carbocycles. The van der Waals surface area contributed by atoms with E-state index < -0.39 is 0 Å². The van der Waals surface area contributed by atoms with Gasteiger partial charge in [-0.25, -0.2) is 0 Å². The van der Waals surface area contributed by atoms with Gasteiger partial charge in [-0.15, -0.1) is 0 Å². The first-order valence-corrected chi connectivity index (χ1v) is 4.80. The van der Waals surface area contributed by atoms with E-state index in [0.29, 0.717) is 5.92 Å². The molecule has 0 N–H and O–H groups in total. The zero-order chi connectivity index (χ0) is 10.1. The van der Waals surface area contributed by atoms with Gasteiger partial charge in [-0.05, 0) is 25.0 Å². The zero-order valence-corrected chi connectivity index (χ0v) is 8.45. The lowest BCUT2D eigenvalue weighted by atomic mass is 10.1. The number of hydrogen-bond donors (Lipinski definition) is 0. The van der Waals surface area contributed by atoms with Gasteiger partial charge in [0.05, 0.1) is 19.1 Å².